The summed E-state index contributed by atoms with van der Waals surface area (Å²) in [6.45, 7) is 1.57. The van der Waals surface area contributed by atoms with Crippen molar-refractivity contribution in [1.29, 1.82) is 0 Å². The van der Waals surface area contributed by atoms with Gasteiger partial charge in [0, 0.05) is 36.6 Å². The van der Waals surface area contributed by atoms with E-state index in [1.165, 1.54) is 30.1 Å². The topological polar surface area (TPSA) is 136 Å². The number of carbonyl (C=O) groups is 2. The molecule has 1 aliphatic carbocycles. The molecule has 0 aliphatic heterocycles. The van der Waals surface area contributed by atoms with Crippen molar-refractivity contribution in [1.82, 2.24) is 19.6 Å². The van der Waals surface area contributed by atoms with Crippen molar-refractivity contribution in [2.24, 2.45) is 7.05 Å². The summed E-state index contributed by atoms with van der Waals surface area (Å²) < 4.78 is 33.3. The number of pyridine rings is 2. The maximum absolute atomic E-state index is 13.0. The average Bonchev–Trinajstić information content (AvgIpc) is 3.66. The molecular weight excluding hydrogens is 508 g/mol. The summed E-state index contributed by atoms with van der Waals surface area (Å²) in [5, 5.41) is 3.77. The number of sulfonamides is 1. The van der Waals surface area contributed by atoms with Gasteiger partial charge in [0.2, 0.25) is 15.9 Å². The van der Waals surface area contributed by atoms with Crippen LogP contribution in [0, 0.1) is 0 Å². The summed E-state index contributed by atoms with van der Waals surface area (Å²) in [4.78, 5) is 41.6. The molecule has 2 amide bonds. The summed E-state index contributed by atoms with van der Waals surface area (Å²) in [6.07, 6.45) is 3.60. The summed E-state index contributed by atoms with van der Waals surface area (Å²) in [5.41, 5.74) is 0.578. The van der Waals surface area contributed by atoms with E-state index in [-0.39, 0.29) is 30.9 Å². The number of nitrogens with one attached hydrogen (secondary N) is 2. The Labute approximate surface area is 212 Å². The van der Waals surface area contributed by atoms with Gasteiger partial charge in [-0.15, -0.1) is 0 Å². The van der Waals surface area contributed by atoms with E-state index in [1.54, 1.807) is 31.2 Å². The number of aromatic nitrogens is 2. The Morgan fingerprint density at radius 3 is 2.53 bits per heavy atom. The Kier molecular flexibility index (Phi) is 7.05. The van der Waals surface area contributed by atoms with Crippen molar-refractivity contribution in [2.75, 3.05) is 6.61 Å². The molecule has 0 saturated heterocycles. The van der Waals surface area contributed by atoms with Crippen LogP contribution < -0.4 is 20.3 Å². The van der Waals surface area contributed by atoms with Gasteiger partial charge in [0.25, 0.3) is 11.5 Å². The third-order valence-electron chi connectivity index (χ3n) is 6.13. The fourth-order valence-corrected chi connectivity index (χ4v) is 5.37. The van der Waals surface area contributed by atoms with Gasteiger partial charge < -0.3 is 14.6 Å². The SMILES string of the molecule is CCC(=O)NS(=O)(=O)C1(COc2cncc3cc(C(=O)NCc4ccc(Cl)cc4)c(=O)n(C)c23)CC1. The first-order chi connectivity index (χ1) is 17.1. The molecule has 2 N–H and O–H groups in total. The fraction of sp³-hybridized carbons (Fsp3) is 0.333. The monoisotopic (exact) mass is 532 g/mol. The van der Waals surface area contributed by atoms with E-state index in [2.05, 4.69) is 15.0 Å². The van der Waals surface area contributed by atoms with Crippen molar-refractivity contribution in [2.45, 2.75) is 37.5 Å². The van der Waals surface area contributed by atoms with E-state index >= 15 is 0 Å². The highest BCUT2D eigenvalue weighted by Gasteiger charge is 2.56. The first-order valence-corrected chi connectivity index (χ1v) is 13.1. The number of amides is 2. The third kappa shape index (κ3) is 5.07. The van der Waals surface area contributed by atoms with Gasteiger partial charge in [-0.05, 0) is 36.6 Å². The molecule has 0 atom stereocenters. The number of halogens is 1. The van der Waals surface area contributed by atoms with Crippen LogP contribution in [-0.4, -0.2) is 41.1 Å². The normalized spacial score (nSPS) is 14.3. The molecule has 36 heavy (non-hydrogen) atoms. The van der Waals surface area contributed by atoms with Gasteiger partial charge in [0.1, 0.15) is 16.9 Å². The second-order valence-electron chi connectivity index (χ2n) is 8.66. The lowest BCUT2D eigenvalue weighted by Crippen LogP contribution is -2.42. The van der Waals surface area contributed by atoms with Crippen molar-refractivity contribution >= 4 is 44.3 Å². The molecule has 10 nitrogen and oxygen atoms in total. The number of hydrogen-bond donors (Lipinski definition) is 2. The summed E-state index contributed by atoms with van der Waals surface area (Å²) in [7, 11) is -2.43. The number of carbonyl (C=O) groups excluding carboxylic acids is 2. The number of nitrogens with zero attached hydrogens (tertiary/aromatic N) is 2. The van der Waals surface area contributed by atoms with Crippen molar-refractivity contribution < 1.29 is 22.7 Å². The van der Waals surface area contributed by atoms with Crippen LogP contribution in [0.2, 0.25) is 5.02 Å². The molecule has 1 aromatic carbocycles. The molecule has 1 fully saturated rings. The highest BCUT2D eigenvalue weighted by Crippen LogP contribution is 2.43. The van der Waals surface area contributed by atoms with Crippen LogP contribution in [0.5, 0.6) is 5.75 Å². The average molecular weight is 533 g/mol. The van der Waals surface area contributed by atoms with Gasteiger partial charge in [-0.2, -0.15) is 0 Å². The van der Waals surface area contributed by atoms with Crippen LogP contribution in [0.25, 0.3) is 10.9 Å². The lowest BCUT2D eigenvalue weighted by Gasteiger charge is -2.19. The fourth-order valence-electron chi connectivity index (χ4n) is 3.73. The van der Waals surface area contributed by atoms with Crippen LogP contribution in [0.4, 0.5) is 0 Å². The first kappa shape index (κ1) is 25.6. The van der Waals surface area contributed by atoms with Crippen LogP contribution in [0.1, 0.15) is 42.1 Å². The quantitative estimate of drug-likeness (QED) is 0.431. The Balaban J connectivity index is 1.56. The van der Waals surface area contributed by atoms with E-state index in [4.69, 9.17) is 16.3 Å². The molecule has 3 aromatic rings. The van der Waals surface area contributed by atoms with Crippen LogP contribution in [0.3, 0.4) is 0 Å². The van der Waals surface area contributed by atoms with Crippen molar-refractivity contribution in [3.8, 4) is 5.75 Å². The minimum atomic E-state index is -3.93. The molecule has 4 rings (SSSR count). The first-order valence-electron chi connectivity index (χ1n) is 11.3. The second-order valence-corrected chi connectivity index (χ2v) is 11.2. The van der Waals surface area contributed by atoms with E-state index in [0.717, 1.165) is 5.56 Å². The van der Waals surface area contributed by atoms with Gasteiger partial charge in [0.05, 0.1) is 11.7 Å². The number of rotatable bonds is 9. The van der Waals surface area contributed by atoms with Crippen molar-refractivity contribution in [3.63, 3.8) is 0 Å². The Morgan fingerprint density at radius 1 is 1.19 bits per heavy atom. The molecule has 1 saturated carbocycles. The highest BCUT2D eigenvalue weighted by atomic mass is 35.5. The summed E-state index contributed by atoms with van der Waals surface area (Å²) in [5.74, 6) is -0.936. The minimum Gasteiger partial charge on any atom is -0.488 e. The largest absolute Gasteiger partial charge is 0.488 e. The molecule has 190 valence electrons. The maximum atomic E-state index is 13.0. The molecule has 1 aliphatic rings. The van der Waals surface area contributed by atoms with E-state index in [9.17, 15) is 22.8 Å². The molecular formula is C24H25ClN4O6S. The minimum absolute atomic E-state index is 0.0428. The number of hydrogen-bond acceptors (Lipinski definition) is 7. The second kappa shape index (κ2) is 9.90. The van der Waals surface area contributed by atoms with Crippen LogP contribution in [0.15, 0.2) is 47.5 Å². The zero-order chi connectivity index (χ0) is 26.1. The van der Waals surface area contributed by atoms with Gasteiger partial charge in [0.15, 0.2) is 5.75 Å². The molecule has 2 aromatic heterocycles. The van der Waals surface area contributed by atoms with Gasteiger partial charge >= 0.3 is 0 Å². The van der Waals surface area contributed by atoms with Crippen molar-refractivity contribution in [3.05, 3.63) is 69.2 Å². The van der Waals surface area contributed by atoms with Gasteiger partial charge in [-0.1, -0.05) is 30.7 Å². The number of fused-ring (bicyclic) bond motifs is 1. The van der Waals surface area contributed by atoms with E-state index < -0.39 is 32.1 Å². The van der Waals surface area contributed by atoms with Crippen LogP contribution in [-0.2, 0) is 28.4 Å². The summed E-state index contributed by atoms with van der Waals surface area (Å²) >= 11 is 5.88. The molecule has 2 heterocycles. The third-order valence-corrected chi connectivity index (χ3v) is 8.55. The van der Waals surface area contributed by atoms with Crippen LogP contribution >= 0.6 is 11.6 Å². The number of benzene rings is 1. The Bertz CT molecular complexity index is 1500. The Hall–Kier alpha value is -3.44. The van der Waals surface area contributed by atoms with E-state index in [0.29, 0.717) is 28.8 Å². The predicted molar refractivity (Wildman–Crippen MR) is 134 cm³/mol. The molecule has 12 heteroatoms. The number of ether oxygens (including phenoxy) is 1. The van der Waals surface area contributed by atoms with Gasteiger partial charge in [-0.25, -0.2) is 8.42 Å². The highest BCUT2D eigenvalue weighted by molar-refractivity contribution is 7.91. The summed E-state index contributed by atoms with van der Waals surface area (Å²) in [6, 6.07) is 8.39. The zero-order valence-electron chi connectivity index (χ0n) is 19.7. The molecule has 0 spiro atoms. The van der Waals surface area contributed by atoms with Gasteiger partial charge in [-0.3, -0.25) is 24.1 Å². The number of aryl methyl sites for hydroxylation is 1. The lowest BCUT2D eigenvalue weighted by atomic mass is 10.1. The Morgan fingerprint density at radius 2 is 1.89 bits per heavy atom. The maximum Gasteiger partial charge on any atom is 0.263 e. The lowest BCUT2D eigenvalue weighted by molar-refractivity contribution is -0.119. The molecule has 0 unspecified atom stereocenters. The standard InChI is InChI=1S/C24H25ClN4O6S/c1-3-20(30)28-36(33,34)24(8-9-24)14-35-19-13-26-12-16-10-18(23(32)29(2)21(16)19)22(31)27-11-15-4-6-17(25)7-5-15/h4-7,10,12-13H,3,8-9,11,14H2,1-2H3,(H,27,31)(H,28,30). The predicted octanol–water partition coefficient (Wildman–Crippen LogP) is 2.28. The zero-order valence-corrected chi connectivity index (χ0v) is 21.3. The smallest absolute Gasteiger partial charge is 0.263 e. The van der Waals surface area contributed by atoms with E-state index in [1.807, 2.05) is 0 Å². The molecule has 0 radical (unpaired) electrons. The molecule has 0 bridgehead atoms.